The Hall–Kier alpha value is -2.18. The van der Waals surface area contributed by atoms with E-state index in [0.29, 0.717) is 6.54 Å². The Kier molecular flexibility index (Phi) is 5.83. The first-order valence-electron chi connectivity index (χ1n) is 8.87. The Balaban J connectivity index is 1.40. The Morgan fingerprint density at radius 3 is 2.36 bits per heavy atom. The number of carbonyl (C=O) groups is 1. The minimum atomic E-state index is 0.0665. The third-order valence-electron chi connectivity index (χ3n) is 4.57. The van der Waals surface area contributed by atoms with E-state index in [9.17, 15) is 4.79 Å². The van der Waals surface area contributed by atoms with E-state index in [2.05, 4.69) is 30.7 Å². The SMILES string of the molecule is Cc1cc(C)cc(NC(=O)CN2CCN(CCn3ccnc3)CC2)c1. The zero-order valence-electron chi connectivity index (χ0n) is 15.1. The maximum absolute atomic E-state index is 12.3. The summed E-state index contributed by atoms with van der Waals surface area (Å²) < 4.78 is 2.10. The summed E-state index contributed by atoms with van der Waals surface area (Å²) >= 11 is 0. The van der Waals surface area contributed by atoms with Gasteiger partial charge < -0.3 is 9.88 Å². The molecular formula is C19H27N5O. The topological polar surface area (TPSA) is 53.4 Å². The van der Waals surface area contributed by atoms with Crippen LogP contribution in [-0.2, 0) is 11.3 Å². The number of imidazole rings is 1. The van der Waals surface area contributed by atoms with Crippen LogP contribution in [0.4, 0.5) is 5.69 Å². The van der Waals surface area contributed by atoms with E-state index in [0.717, 1.165) is 45.0 Å². The molecule has 1 aliphatic rings. The number of nitrogens with zero attached hydrogens (tertiary/aromatic N) is 4. The summed E-state index contributed by atoms with van der Waals surface area (Å²) in [5.41, 5.74) is 3.23. The number of piperazine rings is 1. The third kappa shape index (κ3) is 5.41. The Bertz CT molecular complexity index is 670. The van der Waals surface area contributed by atoms with Crippen molar-refractivity contribution >= 4 is 11.6 Å². The van der Waals surface area contributed by atoms with Crippen molar-refractivity contribution in [3.63, 3.8) is 0 Å². The number of benzene rings is 1. The molecule has 1 aliphatic heterocycles. The highest BCUT2D eigenvalue weighted by Gasteiger charge is 2.18. The van der Waals surface area contributed by atoms with E-state index >= 15 is 0 Å². The van der Waals surface area contributed by atoms with Gasteiger partial charge in [-0.3, -0.25) is 14.6 Å². The molecule has 3 rings (SSSR count). The number of nitrogens with one attached hydrogen (secondary N) is 1. The number of hydrogen-bond acceptors (Lipinski definition) is 4. The standard InChI is InChI=1S/C19H27N5O/c1-16-11-17(2)13-18(12-16)21-19(25)14-23-8-5-22(6-9-23)7-10-24-4-3-20-15-24/h3-4,11-13,15H,5-10,14H2,1-2H3,(H,21,25). The molecule has 6 nitrogen and oxygen atoms in total. The van der Waals surface area contributed by atoms with Crippen LogP contribution in [0.2, 0.25) is 0 Å². The number of anilines is 1. The van der Waals surface area contributed by atoms with Gasteiger partial charge in [-0.1, -0.05) is 6.07 Å². The molecule has 6 heteroatoms. The molecule has 0 saturated carbocycles. The lowest BCUT2D eigenvalue weighted by molar-refractivity contribution is -0.117. The van der Waals surface area contributed by atoms with E-state index in [4.69, 9.17) is 0 Å². The first kappa shape index (κ1) is 17.6. The molecular weight excluding hydrogens is 314 g/mol. The molecule has 1 aromatic carbocycles. The zero-order valence-corrected chi connectivity index (χ0v) is 15.1. The van der Waals surface area contributed by atoms with Gasteiger partial charge in [0.15, 0.2) is 0 Å². The second-order valence-electron chi connectivity index (χ2n) is 6.84. The summed E-state index contributed by atoms with van der Waals surface area (Å²) in [6.45, 7) is 10.4. The molecule has 1 saturated heterocycles. The summed E-state index contributed by atoms with van der Waals surface area (Å²) in [7, 11) is 0. The number of carbonyl (C=O) groups excluding carboxylic acids is 1. The molecule has 0 aliphatic carbocycles. The number of aromatic nitrogens is 2. The number of rotatable bonds is 6. The lowest BCUT2D eigenvalue weighted by Crippen LogP contribution is -2.49. The van der Waals surface area contributed by atoms with Gasteiger partial charge in [0.25, 0.3) is 0 Å². The van der Waals surface area contributed by atoms with E-state index in [-0.39, 0.29) is 5.91 Å². The van der Waals surface area contributed by atoms with Crippen LogP contribution in [0.1, 0.15) is 11.1 Å². The third-order valence-corrected chi connectivity index (χ3v) is 4.57. The molecule has 25 heavy (non-hydrogen) atoms. The van der Waals surface area contributed by atoms with Crippen LogP contribution >= 0.6 is 0 Å². The molecule has 1 fully saturated rings. The van der Waals surface area contributed by atoms with Crippen molar-refractivity contribution in [1.29, 1.82) is 0 Å². The highest BCUT2D eigenvalue weighted by molar-refractivity contribution is 5.92. The van der Waals surface area contributed by atoms with Crippen molar-refractivity contribution in [2.45, 2.75) is 20.4 Å². The van der Waals surface area contributed by atoms with Crippen molar-refractivity contribution in [3.8, 4) is 0 Å². The van der Waals surface area contributed by atoms with Crippen LogP contribution in [0.5, 0.6) is 0 Å². The van der Waals surface area contributed by atoms with Gasteiger partial charge >= 0.3 is 0 Å². The normalized spacial score (nSPS) is 16.1. The lowest BCUT2D eigenvalue weighted by atomic mass is 10.1. The summed E-state index contributed by atoms with van der Waals surface area (Å²) in [6, 6.07) is 6.14. The Labute approximate surface area is 149 Å². The van der Waals surface area contributed by atoms with Crippen molar-refractivity contribution in [1.82, 2.24) is 19.4 Å². The Morgan fingerprint density at radius 2 is 1.72 bits per heavy atom. The van der Waals surface area contributed by atoms with Gasteiger partial charge in [-0.05, 0) is 37.1 Å². The van der Waals surface area contributed by atoms with Gasteiger partial charge in [0.1, 0.15) is 0 Å². The van der Waals surface area contributed by atoms with E-state index in [1.54, 1.807) is 0 Å². The summed E-state index contributed by atoms with van der Waals surface area (Å²) in [5, 5.41) is 3.02. The summed E-state index contributed by atoms with van der Waals surface area (Å²) in [5.74, 6) is 0.0665. The van der Waals surface area contributed by atoms with Crippen LogP contribution in [0.15, 0.2) is 36.9 Å². The van der Waals surface area contributed by atoms with E-state index in [1.165, 1.54) is 11.1 Å². The molecule has 1 amide bonds. The second kappa shape index (κ2) is 8.27. The van der Waals surface area contributed by atoms with E-state index < -0.39 is 0 Å². The maximum Gasteiger partial charge on any atom is 0.238 e. The van der Waals surface area contributed by atoms with Crippen molar-refractivity contribution in [2.24, 2.45) is 0 Å². The smallest absolute Gasteiger partial charge is 0.238 e. The van der Waals surface area contributed by atoms with Crippen molar-refractivity contribution in [3.05, 3.63) is 48.0 Å². The monoisotopic (exact) mass is 341 g/mol. The highest BCUT2D eigenvalue weighted by Crippen LogP contribution is 2.14. The average molecular weight is 341 g/mol. The van der Waals surface area contributed by atoms with Crippen molar-refractivity contribution in [2.75, 3.05) is 44.6 Å². The molecule has 134 valence electrons. The van der Waals surface area contributed by atoms with Gasteiger partial charge in [-0.15, -0.1) is 0 Å². The Morgan fingerprint density at radius 1 is 1.04 bits per heavy atom. The molecule has 0 spiro atoms. The molecule has 0 atom stereocenters. The lowest BCUT2D eigenvalue weighted by Gasteiger charge is -2.34. The highest BCUT2D eigenvalue weighted by atomic mass is 16.2. The zero-order chi connectivity index (χ0) is 17.6. The fourth-order valence-corrected chi connectivity index (χ4v) is 3.30. The van der Waals surface area contributed by atoms with Gasteiger partial charge in [-0.25, -0.2) is 4.98 Å². The largest absolute Gasteiger partial charge is 0.336 e. The summed E-state index contributed by atoms with van der Waals surface area (Å²) in [6.07, 6.45) is 5.66. The number of hydrogen-bond donors (Lipinski definition) is 1. The molecule has 2 aromatic rings. The molecule has 0 unspecified atom stereocenters. The summed E-state index contributed by atoms with van der Waals surface area (Å²) in [4.78, 5) is 21.0. The predicted molar refractivity (Wildman–Crippen MR) is 99.7 cm³/mol. The van der Waals surface area contributed by atoms with Gasteiger partial charge in [-0.2, -0.15) is 0 Å². The van der Waals surface area contributed by atoms with Crippen LogP contribution < -0.4 is 5.32 Å². The van der Waals surface area contributed by atoms with Crippen LogP contribution in [0.25, 0.3) is 0 Å². The van der Waals surface area contributed by atoms with Gasteiger partial charge in [0.05, 0.1) is 12.9 Å². The minimum Gasteiger partial charge on any atom is -0.336 e. The average Bonchev–Trinajstić information content (AvgIpc) is 3.06. The molecule has 0 bridgehead atoms. The van der Waals surface area contributed by atoms with Gasteiger partial charge in [0.2, 0.25) is 5.91 Å². The first-order chi connectivity index (χ1) is 12.1. The van der Waals surface area contributed by atoms with Crippen molar-refractivity contribution < 1.29 is 4.79 Å². The molecule has 1 aromatic heterocycles. The maximum atomic E-state index is 12.3. The fourth-order valence-electron chi connectivity index (χ4n) is 3.30. The molecule has 2 heterocycles. The quantitative estimate of drug-likeness (QED) is 0.870. The van der Waals surface area contributed by atoms with Crippen LogP contribution in [0, 0.1) is 13.8 Å². The molecule has 0 radical (unpaired) electrons. The fraction of sp³-hybridized carbons (Fsp3) is 0.474. The second-order valence-corrected chi connectivity index (χ2v) is 6.84. The molecule has 1 N–H and O–H groups in total. The number of aryl methyl sites for hydroxylation is 2. The van der Waals surface area contributed by atoms with Crippen LogP contribution in [-0.4, -0.2) is 64.5 Å². The van der Waals surface area contributed by atoms with E-state index in [1.807, 2.05) is 44.7 Å². The first-order valence-corrected chi connectivity index (χ1v) is 8.87. The predicted octanol–water partition coefficient (Wildman–Crippen LogP) is 1.76. The number of amides is 1. The minimum absolute atomic E-state index is 0.0665. The van der Waals surface area contributed by atoms with Crippen LogP contribution in [0.3, 0.4) is 0 Å². The van der Waals surface area contributed by atoms with Gasteiger partial charge in [0, 0.05) is 57.3 Å².